The number of halogens is 2. The molecule has 0 spiro atoms. The summed E-state index contributed by atoms with van der Waals surface area (Å²) in [6.07, 6.45) is 0. The minimum atomic E-state index is 0.355. The Morgan fingerprint density at radius 3 is 1.76 bits per heavy atom. The summed E-state index contributed by atoms with van der Waals surface area (Å²) < 4.78 is 0. The summed E-state index contributed by atoms with van der Waals surface area (Å²) in [4.78, 5) is 9.24. The molecule has 6 heteroatoms. The van der Waals surface area contributed by atoms with Crippen LogP contribution < -0.4 is 5.32 Å². The highest BCUT2D eigenvalue weighted by Gasteiger charge is 2.18. The van der Waals surface area contributed by atoms with E-state index in [2.05, 4.69) is 21.4 Å². The van der Waals surface area contributed by atoms with Crippen molar-refractivity contribution in [2.45, 2.75) is 0 Å². The molecule has 0 fully saturated rings. The molecule has 4 aromatic rings. The number of anilines is 2. The number of aromatic nitrogens is 2. The Bertz CT molecular complexity index is 1150. The molecule has 0 aliphatic carbocycles. The van der Waals surface area contributed by atoms with Gasteiger partial charge in [0, 0.05) is 26.9 Å². The molecule has 0 amide bonds. The van der Waals surface area contributed by atoms with Gasteiger partial charge in [-0.1, -0.05) is 65.7 Å². The smallest absolute Gasteiger partial charge is 0.228 e. The summed E-state index contributed by atoms with van der Waals surface area (Å²) in [7, 11) is 0. The molecule has 0 atom stereocenters. The molecule has 0 bridgehead atoms. The predicted octanol–water partition coefficient (Wildman–Crippen LogP) is 6.73. The molecule has 0 saturated heterocycles. The highest BCUT2D eigenvalue weighted by Crippen LogP contribution is 2.33. The number of rotatable bonds is 4. The van der Waals surface area contributed by atoms with Crippen LogP contribution in [0.25, 0.3) is 22.5 Å². The van der Waals surface area contributed by atoms with Gasteiger partial charge in [-0.2, -0.15) is 5.26 Å². The Kier molecular flexibility index (Phi) is 5.44. The molecule has 0 radical (unpaired) electrons. The SMILES string of the molecule is N#Cc1c(-c2cccc(Cl)c2)nc(Nc2ccccc2)nc1-c1cccc(Cl)c1. The van der Waals surface area contributed by atoms with Crippen molar-refractivity contribution in [3.8, 4) is 28.6 Å². The van der Waals surface area contributed by atoms with E-state index < -0.39 is 0 Å². The molecule has 140 valence electrons. The van der Waals surface area contributed by atoms with Gasteiger partial charge in [-0.15, -0.1) is 0 Å². The average Bonchev–Trinajstić information content (AvgIpc) is 2.74. The van der Waals surface area contributed by atoms with E-state index in [9.17, 15) is 5.26 Å². The number of nitrogens with zero attached hydrogens (tertiary/aromatic N) is 3. The summed E-state index contributed by atoms with van der Waals surface area (Å²) in [5, 5.41) is 14.3. The van der Waals surface area contributed by atoms with Crippen molar-refractivity contribution in [2.75, 3.05) is 5.32 Å². The van der Waals surface area contributed by atoms with Crippen LogP contribution in [0.1, 0.15) is 5.56 Å². The second-order valence-electron chi connectivity index (χ2n) is 6.24. The Balaban J connectivity index is 1.95. The number of para-hydroxylation sites is 1. The van der Waals surface area contributed by atoms with E-state index in [0.29, 0.717) is 32.9 Å². The summed E-state index contributed by atoms with van der Waals surface area (Å²) in [5.41, 5.74) is 3.66. The molecule has 0 saturated carbocycles. The van der Waals surface area contributed by atoms with Crippen molar-refractivity contribution in [3.63, 3.8) is 0 Å². The molecule has 1 heterocycles. The number of benzene rings is 3. The van der Waals surface area contributed by atoms with Gasteiger partial charge in [0.15, 0.2) is 0 Å². The quantitative estimate of drug-likeness (QED) is 0.400. The molecule has 29 heavy (non-hydrogen) atoms. The minimum absolute atomic E-state index is 0.355. The predicted molar refractivity (Wildman–Crippen MR) is 117 cm³/mol. The zero-order valence-corrected chi connectivity index (χ0v) is 16.6. The summed E-state index contributed by atoms with van der Waals surface area (Å²) >= 11 is 12.4. The maximum absolute atomic E-state index is 9.92. The van der Waals surface area contributed by atoms with Gasteiger partial charge in [0.25, 0.3) is 0 Å². The Morgan fingerprint density at radius 2 is 1.28 bits per heavy atom. The summed E-state index contributed by atoms with van der Waals surface area (Å²) in [6, 6.07) is 26.3. The average molecular weight is 417 g/mol. The van der Waals surface area contributed by atoms with E-state index in [1.165, 1.54) is 0 Å². The molecular formula is C23H14Cl2N4. The molecule has 0 unspecified atom stereocenters. The fourth-order valence-corrected chi connectivity index (χ4v) is 3.34. The first kappa shape index (κ1) is 18.9. The first-order chi connectivity index (χ1) is 14.1. The monoisotopic (exact) mass is 416 g/mol. The molecule has 4 rings (SSSR count). The second-order valence-corrected chi connectivity index (χ2v) is 7.12. The standard InChI is InChI=1S/C23H14Cl2N4/c24-17-8-4-6-15(12-17)21-20(14-26)22(16-7-5-9-18(25)13-16)29-23(28-21)27-19-10-2-1-3-11-19/h1-13H,(H,27,28,29). The normalized spacial score (nSPS) is 10.4. The van der Waals surface area contributed by atoms with Crippen molar-refractivity contribution >= 4 is 34.8 Å². The molecule has 0 aliphatic heterocycles. The van der Waals surface area contributed by atoms with Crippen molar-refractivity contribution in [2.24, 2.45) is 0 Å². The van der Waals surface area contributed by atoms with E-state index in [4.69, 9.17) is 23.2 Å². The lowest BCUT2D eigenvalue weighted by atomic mass is 10.0. The molecule has 1 N–H and O–H groups in total. The van der Waals surface area contributed by atoms with Crippen LogP contribution in [-0.2, 0) is 0 Å². The van der Waals surface area contributed by atoms with Gasteiger partial charge in [-0.05, 0) is 36.4 Å². The van der Waals surface area contributed by atoms with Gasteiger partial charge < -0.3 is 5.32 Å². The van der Waals surface area contributed by atoms with E-state index in [-0.39, 0.29) is 0 Å². The third-order valence-electron chi connectivity index (χ3n) is 4.25. The zero-order chi connectivity index (χ0) is 20.2. The van der Waals surface area contributed by atoms with Gasteiger partial charge >= 0.3 is 0 Å². The van der Waals surface area contributed by atoms with E-state index in [1.54, 1.807) is 24.3 Å². The van der Waals surface area contributed by atoms with Crippen LogP contribution in [0, 0.1) is 11.3 Å². The van der Waals surface area contributed by atoms with Crippen molar-refractivity contribution in [1.82, 2.24) is 9.97 Å². The topological polar surface area (TPSA) is 61.6 Å². The van der Waals surface area contributed by atoms with Gasteiger partial charge in [-0.3, -0.25) is 0 Å². The highest BCUT2D eigenvalue weighted by molar-refractivity contribution is 6.31. The van der Waals surface area contributed by atoms with Gasteiger partial charge in [0.2, 0.25) is 5.95 Å². The fourth-order valence-electron chi connectivity index (χ4n) is 2.96. The largest absolute Gasteiger partial charge is 0.324 e. The van der Waals surface area contributed by atoms with Crippen molar-refractivity contribution < 1.29 is 0 Å². The van der Waals surface area contributed by atoms with Crippen LogP contribution in [-0.4, -0.2) is 9.97 Å². The third-order valence-corrected chi connectivity index (χ3v) is 4.72. The fraction of sp³-hybridized carbons (Fsp3) is 0. The van der Waals surface area contributed by atoms with Crippen molar-refractivity contribution in [1.29, 1.82) is 5.26 Å². The minimum Gasteiger partial charge on any atom is -0.324 e. The van der Waals surface area contributed by atoms with Gasteiger partial charge in [-0.25, -0.2) is 9.97 Å². The van der Waals surface area contributed by atoms with Crippen LogP contribution >= 0.6 is 23.2 Å². The maximum Gasteiger partial charge on any atom is 0.228 e. The number of hydrogen-bond acceptors (Lipinski definition) is 4. The molecule has 4 nitrogen and oxygen atoms in total. The maximum atomic E-state index is 9.92. The van der Waals surface area contributed by atoms with Crippen LogP contribution in [0.2, 0.25) is 10.0 Å². The molecule has 0 aliphatic rings. The number of hydrogen-bond donors (Lipinski definition) is 1. The van der Waals surface area contributed by atoms with Crippen LogP contribution in [0.5, 0.6) is 0 Å². The van der Waals surface area contributed by atoms with Gasteiger partial charge in [0.1, 0.15) is 11.6 Å². The lowest BCUT2D eigenvalue weighted by Gasteiger charge is -2.13. The Labute approximate surface area is 178 Å². The molecular weight excluding hydrogens is 403 g/mol. The Hall–Kier alpha value is -3.39. The first-order valence-electron chi connectivity index (χ1n) is 8.80. The lowest BCUT2D eigenvalue weighted by molar-refractivity contribution is 1.16. The second kappa shape index (κ2) is 8.32. The number of nitriles is 1. The van der Waals surface area contributed by atoms with Crippen LogP contribution in [0.4, 0.5) is 11.6 Å². The molecule has 1 aromatic heterocycles. The number of nitrogens with one attached hydrogen (secondary N) is 1. The molecule has 3 aromatic carbocycles. The van der Waals surface area contributed by atoms with Crippen molar-refractivity contribution in [3.05, 3.63) is 94.5 Å². The summed E-state index contributed by atoms with van der Waals surface area (Å²) in [5.74, 6) is 0.375. The first-order valence-corrected chi connectivity index (χ1v) is 9.56. The van der Waals surface area contributed by atoms with Crippen LogP contribution in [0.3, 0.4) is 0 Å². The summed E-state index contributed by atoms with van der Waals surface area (Å²) in [6.45, 7) is 0. The highest BCUT2D eigenvalue weighted by atomic mass is 35.5. The zero-order valence-electron chi connectivity index (χ0n) is 15.1. The van der Waals surface area contributed by atoms with Crippen LogP contribution in [0.15, 0.2) is 78.9 Å². The van der Waals surface area contributed by atoms with E-state index >= 15 is 0 Å². The third kappa shape index (κ3) is 4.22. The van der Waals surface area contributed by atoms with Gasteiger partial charge in [0.05, 0.1) is 11.4 Å². The van der Waals surface area contributed by atoms with E-state index in [0.717, 1.165) is 16.8 Å². The Morgan fingerprint density at radius 1 is 0.724 bits per heavy atom. The van der Waals surface area contributed by atoms with E-state index in [1.807, 2.05) is 54.6 Å². The lowest BCUT2D eigenvalue weighted by Crippen LogP contribution is -2.04.